The maximum Gasteiger partial charge on any atom is 0.126 e. The molecule has 0 fully saturated rings. The van der Waals surface area contributed by atoms with Crippen molar-refractivity contribution in [3.63, 3.8) is 0 Å². The number of halogens is 1. The third-order valence-electron chi connectivity index (χ3n) is 2.22. The molecule has 0 aromatic heterocycles. The molecular weight excluding hydrogens is 197 g/mol. The van der Waals surface area contributed by atoms with Gasteiger partial charge in [0.2, 0.25) is 0 Å². The van der Waals surface area contributed by atoms with Gasteiger partial charge in [-0.2, -0.15) is 0 Å². The van der Waals surface area contributed by atoms with Crippen LogP contribution in [0.25, 0.3) is 0 Å². The number of hydrogen-bond donors (Lipinski definition) is 2. The molecule has 1 atom stereocenters. The topological polar surface area (TPSA) is 41.5 Å². The molecule has 4 heteroatoms. The zero-order valence-electron chi connectivity index (χ0n) is 8.96. The Hall–Kier alpha value is -1.13. The lowest BCUT2D eigenvalue weighted by atomic mass is 10.1. The number of phenolic OH excluding ortho intramolecular Hbond substituents is 1. The Morgan fingerprint density at radius 1 is 1.53 bits per heavy atom. The minimum absolute atomic E-state index is 0.0209. The number of phenols is 1. The summed E-state index contributed by atoms with van der Waals surface area (Å²) in [5, 5.41) is 12.7. The molecular formula is C11H16FNO2. The lowest BCUT2D eigenvalue weighted by Gasteiger charge is -2.15. The van der Waals surface area contributed by atoms with Gasteiger partial charge in [0.15, 0.2) is 0 Å². The molecule has 0 aliphatic heterocycles. The monoisotopic (exact) mass is 213 g/mol. The van der Waals surface area contributed by atoms with Gasteiger partial charge >= 0.3 is 0 Å². The highest BCUT2D eigenvalue weighted by atomic mass is 19.1. The first-order valence-corrected chi connectivity index (χ1v) is 4.86. The van der Waals surface area contributed by atoms with Crippen molar-refractivity contribution >= 4 is 0 Å². The molecule has 1 aromatic rings. The van der Waals surface area contributed by atoms with E-state index < -0.39 is 5.82 Å². The van der Waals surface area contributed by atoms with Crippen molar-refractivity contribution in [1.82, 2.24) is 5.32 Å². The number of nitrogens with one attached hydrogen (secondary N) is 1. The van der Waals surface area contributed by atoms with Crippen molar-refractivity contribution < 1.29 is 14.2 Å². The molecule has 1 aromatic carbocycles. The summed E-state index contributed by atoms with van der Waals surface area (Å²) >= 11 is 0. The van der Waals surface area contributed by atoms with E-state index in [1.54, 1.807) is 13.2 Å². The molecule has 0 amide bonds. The standard InChI is InChI=1S/C11H16FNO2/c1-8(13-5-6-15-2)10-4-3-9(12)7-11(10)14/h3-4,7-8,13-14H,5-6H2,1-2H3/t8-/m1/s1. The molecule has 0 spiro atoms. The van der Waals surface area contributed by atoms with E-state index in [-0.39, 0.29) is 11.8 Å². The van der Waals surface area contributed by atoms with Crippen molar-refractivity contribution in [2.45, 2.75) is 13.0 Å². The summed E-state index contributed by atoms with van der Waals surface area (Å²) in [6, 6.07) is 4.00. The van der Waals surface area contributed by atoms with Gasteiger partial charge in [0.1, 0.15) is 11.6 Å². The van der Waals surface area contributed by atoms with Crippen LogP contribution in [-0.2, 0) is 4.74 Å². The van der Waals surface area contributed by atoms with E-state index in [1.807, 2.05) is 6.92 Å². The van der Waals surface area contributed by atoms with E-state index in [4.69, 9.17) is 4.74 Å². The summed E-state index contributed by atoms with van der Waals surface area (Å²) in [7, 11) is 1.63. The second-order valence-corrected chi connectivity index (χ2v) is 3.37. The zero-order valence-corrected chi connectivity index (χ0v) is 8.96. The lowest BCUT2D eigenvalue weighted by Crippen LogP contribution is -2.22. The van der Waals surface area contributed by atoms with Gasteiger partial charge in [-0.05, 0) is 13.0 Å². The van der Waals surface area contributed by atoms with Gasteiger partial charge in [0.05, 0.1) is 6.61 Å². The Bertz CT molecular complexity index is 317. The van der Waals surface area contributed by atoms with E-state index >= 15 is 0 Å². The van der Waals surface area contributed by atoms with Gasteiger partial charge in [-0.25, -0.2) is 4.39 Å². The Morgan fingerprint density at radius 2 is 2.27 bits per heavy atom. The van der Waals surface area contributed by atoms with Crippen LogP contribution in [0.15, 0.2) is 18.2 Å². The van der Waals surface area contributed by atoms with Crippen LogP contribution in [0.2, 0.25) is 0 Å². The molecule has 0 saturated heterocycles. The van der Waals surface area contributed by atoms with Crippen LogP contribution >= 0.6 is 0 Å². The molecule has 0 radical (unpaired) electrons. The predicted molar refractivity (Wildman–Crippen MR) is 56.4 cm³/mol. The second-order valence-electron chi connectivity index (χ2n) is 3.37. The van der Waals surface area contributed by atoms with Crippen molar-refractivity contribution in [3.8, 4) is 5.75 Å². The Kier molecular flexibility index (Phi) is 4.52. The summed E-state index contributed by atoms with van der Waals surface area (Å²) < 4.78 is 17.6. The molecule has 3 nitrogen and oxygen atoms in total. The number of aromatic hydroxyl groups is 1. The zero-order chi connectivity index (χ0) is 11.3. The number of ether oxygens (including phenoxy) is 1. The van der Waals surface area contributed by atoms with Crippen LogP contribution < -0.4 is 5.32 Å². The summed E-state index contributed by atoms with van der Waals surface area (Å²) in [5.41, 5.74) is 0.688. The van der Waals surface area contributed by atoms with E-state index in [0.29, 0.717) is 18.7 Å². The highest BCUT2D eigenvalue weighted by Crippen LogP contribution is 2.24. The molecule has 84 valence electrons. The van der Waals surface area contributed by atoms with E-state index in [2.05, 4.69) is 5.32 Å². The lowest BCUT2D eigenvalue weighted by molar-refractivity contribution is 0.196. The fraction of sp³-hybridized carbons (Fsp3) is 0.455. The highest BCUT2D eigenvalue weighted by Gasteiger charge is 2.09. The van der Waals surface area contributed by atoms with Crippen molar-refractivity contribution in [2.75, 3.05) is 20.3 Å². The predicted octanol–water partition coefficient (Wildman–Crippen LogP) is 1.83. The normalized spacial score (nSPS) is 12.7. The average molecular weight is 213 g/mol. The summed E-state index contributed by atoms with van der Waals surface area (Å²) in [6.45, 7) is 3.20. The van der Waals surface area contributed by atoms with Gasteiger partial charge < -0.3 is 15.2 Å². The van der Waals surface area contributed by atoms with Crippen LogP contribution in [0.3, 0.4) is 0 Å². The van der Waals surface area contributed by atoms with Gasteiger partial charge in [-0.15, -0.1) is 0 Å². The maximum atomic E-state index is 12.7. The van der Waals surface area contributed by atoms with Crippen molar-refractivity contribution in [2.24, 2.45) is 0 Å². The third kappa shape index (κ3) is 3.49. The molecule has 2 N–H and O–H groups in total. The van der Waals surface area contributed by atoms with Crippen molar-refractivity contribution in [3.05, 3.63) is 29.6 Å². The summed E-state index contributed by atoms with van der Waals surface area (Å²) in [4.78, 5) is 0. The van der Waals surface area contributed by atoms with Crippen molar-refractivity contribution in [1.29, 1.82) is 0 Å². The van der Waals surface area contributed by atoms with Crippen LogP contribution in [0.5, 0.6) is 5.75 Å². The number of rotatable bonds is 5. The number of benzene rings is 1. The SMILES string of the molecule is COCCN[C@H](C)c1ccc(F)cc1O. The smallest absolute Gasteiger partial charge is 0.126 e. The van der Waals surface area contributed by atoms with E-state index in [9.17, 15) is 9.50 Å². The Morgan fingerprint density at radius 3 is 2.87 bits per heavy atom. The highest BCUT2D eigenvalue weighted by molar-refractivity contribution is 5.34. The van der Waals surface area contributed by atoms with E-state index in [1.165, 1.54) is 6.07 Å². The van der Waals surface area contributed by atoms with Gasteiger partial charge in [-0.3, -0.25) is 0 Å². The summed E-state index contributed by atoms with van der Waals surface area (Å²) in [6.07, 6.45) is 0. The molecule has 0 unspecified atom stereocenters. The molecule has 0 heterocycles. The largest absolute Gasteiger partial charge is 0.508 e. The minimum Gasteiger partial charge on any atom is -0.508 e. The molecule has 15 heavy (non-hydrogen) atoms. The first kappa shape index (κ1) is 11.9. The molecule has 0 bridgehead atoms. The van der Waals surface area contributed by atoms with E-state index in [0.717, 1.165) is 6.07 Å². The first-order chi connectivity index (χ1) is 7.15. The minimum atomic E-state index is -0.430. The molecule has 0 aliphatic rings. The second kappa shape index (κ2) is 5.68. The number of methoxy groups -OCH3 is 1. The fourth-order valence-electron chi connectivity index (χ4n) is 1.37. The Balaban J connectivity index is 2.61. The van der Waals surface area contributed by atoms with Gasteiger partial charge in [0.25, 0.3) is 0 Å². The fourth-order valence-corrected chi connectivity index (χ4v) is 1.37. The van der Waals surface area contributed by atoms with Gasteiger partial charge in [-0.1, -0.05) is 6.07 Å². The first-order valence-electron chi connectivity index (χ1n) is 4.86. The molecule has 0 aliphatic carbocycles. The quantitative estimate of drug-likeness (QED) is 0.733. The van der Waals surface area contributed by atoms with Crippen LogP contribution in [-0.4, -0.2) is 25.4 Å². The molecule has 1 rings (SSSR count). The molecule has 0 saturated carbocycles. The van der Waals surface area contributed by atoms with Crippen LogP contribution in [0, 0.1) is 5.82 Å². The average Bonchev–Trinajstić information content (AvgIpc) is 2.17. The number of hydrogen-bond acceptors (Lipinski definition) is 3. The summed E-state index contributed by atoms with van der Waals surface area (Å²) in [5.74, 6) is -0.451. The third-order valence-corrected chi connectivity index (χ3v) is 2.22. The van der Waals surface area contributed by atoms with Crippen LogP contribution in [0.1, 0.15) is 18.5 Å². The maximum absolute atomic E-state index is 12.7. The van der Waals surface area contributed by atoms with Gasteiger partial charge in [0, 0.05) is 31.3 Å². The Labute approximate surface area is 88.9 Å². The van der Waals surface area contributed by atoms with Crippen LogP contribution in [0.4, 0.5) is 4.39 Å².